The molecule has 1 aliphatic heterocycles. The van der Waals surface area contributed by atoms with Gasteiger partial charge in [-0.25, -0.2) is 0 Å². The molecular formula is C32H28NOPS. The molecule has 36 heavy (non-hydrogen) atoms. The minimum Gasteiger partial charge on any atom is -0.357 e. The summed E-state index contributed by atoms with van der Waals surface area (Å²) in [5.41, 5.74) is 2.58. The third kappa shape index (κ3) is 4.81. The first-order valence-corrected chi connectivity index (χ1v) is 14.5. The van der Waals surface area contributed by atoms with E-state index < -0.39 is 7.92 Å². The summed E-state index contributed by atoms with van der Waals surface area (Å²) < 4.78 is 6.67. The molecule has 1 fully saturated rings. The van der Waals surface area contributed by atoms with E-state index in [0.717, 1.165) is 6.54 Å². The average Bonchev–Trinajstić information content (AvgIpc) is 3.62. The predicted octanol–water partition coefficient (Wildman–Crippen LogP) is 6.78. The van der Waals surface area contributed by atoms with Crippen LogP contribution in [0, 0.1) is 0 Å². The van der Waals surface area contributed by atoms with Gasteiger partial charge in [-0.05, 0) is 40.8 Å². The first-order chi connectivity index (χ1) is 17.9. The zero-order valence-corrected chi connectivity index (χ0v) is 21.7. The molecule has 178 valence electrons. The second-order valence-electron chi connectivity index (χ2n) is 8.93. The highest BCUT2D eigenvalue weighted by molar-refractivity contribution is 7.79. The molecule has 2 nitrogen and oxygen atoms in total. The van der Waals surface area contributed by atoms with Crippen molar-refractivity contribution in [3.05, 3.63) is 149 Å². The van der Waals surface area contributed by atoms with E-state index in [0.29, 0.717) is 6.61 Å². The van der Waals surface area contributed by atoms with Gasteiger partial charge in [0.15, 0.2) is 0 Å². The van der Waals surface area contributed by atoms with E-state index in [1.54, 1.807) is 0 Å². The predicted molar refractivity (Wildman–Crippen MR) is 153 cm³/mol. The maximum absolute atomic E-state index is 6.67. The van der Waals surface area contributed by atoms with E-state index in [2.05, 4.69) is 138 Å². The fraction of sp³-hybridized carbons (Fsp3) is 0.125. The van der Waals surface area contributed by atoms with Crippen LogP contribution >= 0.6 is 19.3 Å². The zero-order chi connectivity index (χ0) is 24.2. The standard InChI is InChI=1S/C32H28NOPS/c1-4-13-25(14-5-1)30-24-34-32(33(30)23-28-19-12-22-36-28)29-20-10-11-21-31(29)35(26-15-6-2-7-16-26)27-17-8-3-9-18-27/h1-22,30,32H,23-24H2. The van der Waals surface area contributed by atoms with Crippen molar-refractivity contribution in [3.63, 3.8) is 0 Å². The van der Waals surface area contributed by atoms with Gasteiger partial charge in [0.05, 0.1) is 12.6 Å². The van der Waals surface area contributed by atoms with Crippen LogP contribution in [0.15, 0.2) is 133 Å². The largest absolute Gasteiger partial charge is 0.357 e. The smallest absolute Gasteiger partial charge is 0.138 e. The van der Waals surface area contributed by atoms with Gasteiger partial charge >= 0.3 is 0 Å². The molecular weight excluding hydrogens is 477 g/mol. The minimum absolute atomic E-state index is 0.106. The van der Waals surface area contributed by atoms with Crippen molar-refractivity contribution in [2.75, 3.05) is 6.61 Å². The fourth-order valence-corrected chi connectivity index (χ4v) is 8.21. The molecule has 2 heterocycles. The van der Waals surface area contributed by atoms with Crippen molar-refractivity contribution in [2.24, 2.45) is 0 Å². The van der Waals surface area contributed by atoms with E-state index in [-0.39, 0.29) is 12.3 Å². The van der Waals surface area contributed by atoms with Crippen LogP contribution in [0.4, 0.5) is 0 Å². The van der Waals surface area contributed by atoms with Gasteiger partial charge in [0.1, 0.15) is 6.23 Å². The van der Waals surface area contributed by atoms with E-state index in [1.165, 1.54) is 31.9 Å². The molecule has 1 aliphatic rings. The highest BCUT2D eigenvalue weighted by Crippen LogP contribution is 2.43. The van der Waals surface area contributed by atoms with Crippen molar-refractivity contribution in [3.8, 4) is 0 Å². The van der Waals surface area contributed by atoms with Gasteiger partial charge in [-0.15, -0.1) is 11.3 Å². The third-order valence-corrected chi connectivity index (χ3v) is 10.1. The van der Waals surface area contributed by atoms with Gasteiger partial charge in [-0.2, -0.15) is 0 Å². The summed E-state index contributed by atoms with van der Waals surface area (Å²) in [6.07, 6.45) is -0.106. The summed E-state index contributed by atoms with van der Waals surface area (Å²) in [7, 11) is -0.725. The average molecular weight is 506 g/mol. The summed E-state index contributed by atoms with van der Waals surface area (Å²) >= 11 is 1.82. The minimum atomic E-state index is -0.725. The van der Waals surface area contributed by atoms with Crippen LogP contribution in [0.3, 0.4) is 0 Å². The molecule has 0 aliphatic carbocycles. The summed E-state index contributed by atoms with van der Waals surface area (Å²) in [4.78, 5) is 3.90. The topological polar surface area (TPSA) is 12.5 Å². The Balaban J connectivity index is 1.45. The van der Waals surface area contributed by atoms with Gasteiger partial charge in [-0.1, -0.05) is 121 Å². The maximum Gasteiger partial charge on any atom is 0.138 e. The Morgan fingerprint density at radius 3 is 1.94 bits per heavy atom. The fourth-order valence-electron chi connectivity index (χ4n) is 5.03. The number of rotatable bonds is 7. The Morgan fingerprint density at radius 1 is 0.694 bits per heavy atom. The van der Waals surface area contributed by atoms with Gasteiger partial charge < -0.3 is 4.74 Å². The number of nitrogens with zero attached hydrogens (tertiary/aromatic N) is 1. The Hall–Kier alpha value is -3.07. The quantitative estimate of drug-likeness (QED) is 0.226. The summed E-state index contributed by atoms with van der Waals surface area (Å²) in [6.45, 7) is 1.55. The summed E-state index contributed by atoms with van der Waals surface area (Å²) in [5.74, 6) is 0. The maximum atomic E-state index is 6.67. The van der Waals surface area contributed by atoms with Gasteiger partial charge in [0.25, 0.3) is 0 Å². The molecule has 2 unspecified atom stereocenters. The lowest BCUT2D eigenvalue weighted by molar-refractivity contribution is 0.0259. The first-order valence-electron chi connectivity index (χ1n) is 12.3. The zero-order valence-electron chi connectivity index (χ0n) is 20.0. The number of ether oxygens (including phenoxy) is 1. The molecule has 1 saturated heterocycles. The Morgan fingerprint density at radius 2 is 1.31 bits per heavy atom. The molecule has 6 rings (SSSR count). The lowest BCUT2D eigenvalue weighted by Crippen LogP contribution is -2.31. The molecule has 2 atom stereocenters. The van der Waals surface area contributed by atoms with Gasteiger partial charge in [-0.3, -0.25) is 4.90 Å². The number of benzene rings is 4. The van der Waals surface area contributed by atoms with E-state index in [4.69, 9.17) is 4.74 Å². The molecule has 0 bridgehead atoms. The Kier molecular flexibility index (Phi) is 7.07. The number of hydrogen-bond donors (Lipinski definition) is 0. The van der Waals surface area contributed by atoms with Gasteiger partial charge in [0, 0.05) is 17.0 Å². The van der Waals surface area contributed by atoms with E-state index >= 15 is 0 Å². The molecule has 0 spiro atoms. The Bertz CT molecular complexity index is 1340. The second kappa shape index (κ2) is 10.9. The van der Waals surface area contributed by atoms with Crippen LogP contribution < -0.4 is 15.9 Å². The Labute approximate surface area is 218 Å². The van der Waals surface area contributed by atoms with Crippen LogP contribution in [0.1, 0.15) is 28.3 Å². The molecule has 1 aromatic heterocycles. The molecule has 0 radical (unpaired) electrons. The van der Waals surface area contributed by atoms with Crippen molar-refractivity contribution in [2.45, 2.75) is 18.8 Å². The molecule has 0 N–H and O–H groups in total. The van der Waals surface area contributed by atoms with Crippen LogP contribution in [0.5, 0.6) is 0 Å². The molecule has 4 heteroatoms. The highest BCUT2D eigenvalue weighted by Gasteiger charge is 2.38. The van der Waals surface area contributed by atoms with Crippen molar-refractivity contribution in [1.82, 2.24) is 4.90 Å². The molecule has 5 aromatic rings. The summed E-state index contributed by atoms with van der Waals surface area (Å²) in [6, 6.07) is 46.2. The van der Waals surface area contributed by atoms with Crippen molar-refractivity contribution < 1.29 is 4.74 Å². The van der Waals surface area contributed by atoms with Crippen molar-refractivity contribution >= 4 is 35.2 Å². The normalized spacial score (nSPS) is 18.0. The highest BCUT2D eigenvalue weighted by atomic mass is 32.1. The van der Waals surface area contributed by atoms with Crippen molar-refractivity contribution in [1.29, 1.82) is 0 Å². The number of thiophene rings is 1. The SMILES string of the molecule is c1ccc(C2COC(c3ccccc3P(c3ccccc3)c3ccccc3)N2Cc2cccs2)cc1. The van der Waals surface area contributed by atoms with Crippen LogP contribution in [-0.2, 0) is 11.3 Å². The molecule has 4 aromatic carbocycles. The molecule has 0 amide bonds. The van der Waals surface area contributed by atoms with Crippen LogP contribution in [0.2, 0.25) is 0 Å². The lowest BCUT2D eigenvalue weighted by Gasteiger charge is -2.31. The molecule has 0 saturated carbocycles. The van der Waals surface area contributed by atoms with E-state index in [1.807, 2.05) is 11.3 Å². The van der Waals surface area contributed by atoms with Crippen LogP contribution in [0.25, 0.3) is 0 Å². The lowest BCUT2D eigenvalue weighted by atomic mass is 10.1. The van der Waals surface area contributed by atoms with Gasteiger partial charge in [0.2, 0.25) is 0 Å². The van der Waals surface area contributed by atoms with Crippen LogP contribution in [-0.4, -0.2) is 11.5 Å². The van der Waals surface area contributed by atoms with E-state index in [9.17, 15) is 0 Å². The number of hydrogen-bond acceptors (Lipinski definition) is 3. The summed E-state index contributed by atoms with van der Waals surface area (Å²) in [5, 5.41) is 6.23. The first kappa shape index (κ1) is 23.3. The monoisotopic (exact) mass is 505 g/mol. The third-order valence-electron chi connectivity index (χ3n) is 6.69. The second-order valence-corrected chi connectivity index (χ2v) is 12.1.